The average molecular weight is 233 g/mol. The molecule has 0 saturated heterocycles. The zero-order chi connectivity index (χ0) is 11.7. The second kappa shape index (κ2) is 4.25. The molecule has 0 amide bonds. The average Bonchev–Trinajstić information content (AvgIpc) is 2.87. The standard InChI is InChI=1S/C10H15N7/c1-7(10-13-15-16-14-10)12-5-9-4-11-6-17(9)8-2-3-8/h4,6-8,12H,2-3,5H2,1H3,(H,13,14,15,16). The lowest BCUT2D eigenvalue weighted by atomic mass is 10.3. The molecule has 3 rings (SSSR count). The molecule has 2 heterocycles. The summed E-state index contributed by atoms with van der Waals surface area (Å²) in [6.45, 7) is 2.79. The van der Waals surface area contributed by atoms with E-state index in [0.717, 1.165) is 6.54 Å². The van der Waals surface area contributed by atoms with Gasteiger partial charge in [0.2, 0.25) is 0 Å². The molecule has 90 valence electrons. The SMILES string of the molecule is CC(NCc1cncn1C1CC1)c1nn[nH]n1. The molecule has 7 heteroatoms. The molecular weight excluding hydrogens is 218 g/mol. The van der Waals surface area contributed by atoms with E-state index in [2.05, 4.69) is 35.5 Å². The van der Waals surface area contributed by atoms with Gasteiger partial charge in [-0.15, -0.1) is 10.2 Å². The fraction of sp³-hybridized carbons (Fsp3) is 0.600. The maximum absolute atomic E-state index is 4.20. The highest BCUT2D eigenvalue weighted by Crippen LogP contribution is 2.35. The summed E-state index contributed by atoms with van der Waals surface area (Å²) in [6, 6.07) is 0.742. The highest BCUT2D eigenvalue weighted by atomic mass is 15.5. The molecule has 0 spiro atoms. The summed E-state index contributed by atoms with van der Waals surface area (Å²) in [7, 11) is 0. The Kier molecular flexibility index (Phi) is 2.60. The largest absolute Gasteiger partial charge is 0.330 e. The van der Waals surface area contributed by atoms with Crippen molar-refractivity contribution in [3.63, 3.8) is 0 Å². The Morgan fingerprint density at radius 3 is 3.18 bits per heavy atom. The maximum atomic E-state index is 4.20. The molecule has 2 aromatic heterocycles. The minimum absolute atomic E-state index is 0.0799. The van der Waals surface area contributed by atoms with Gasteiger partial charge in [-0.05, 0) is 19.8 Å². The topological polar surface area (TPSA) is 84.3 Å². The molecule has 17 heavy (non-hydrogen) atoms. The summed E-state index contributed by atoms with van der Waals surface area (Å²) in [5.41, 5.74) is 1.21. The summed E-state index contributed by atoms with van der Waals surface area (Å²) in [6.07, 6.45) is 6.36. The van der Waals surface area contributed by atoms with Crippen LogP contribution in [0.3, 0.4) is 0 Å². The van der Waals surface area contributed by atoms with Crippen LogP contribution < -0.4 is 5.32 Å². The quantitative estimate of drug-likeness (QED) is 0.789. The predicted octanol–water partition coefficient (Wildman–Crippen LogP) is 0.582. The molecule has 1 aliphatic carbocycles. The highest BCUT2D eigenvalue weighted by molar-refractivity contribution is 5.04. The van der Waals surface area contributed by atoms with Gasteiger partial charge in [-0.25, -0.2) is 4.98 Å². The van der Waals surface area contributed by atoms with E-state index in [1.54, 1.807) is 0 Å². The molecule has 0 aromatic carbocycles. The van der Waals surface area contributed by atoms with Crippen LogP contribution in [-0.2, 0) is 6.54 Å². The van der Waals surface area contributed by atoms with Crippen LogP contribution in [0.4, 0.5) is 0 Å². The number of imidazole rings is 1. The number of nitrogens with one attached hydrogen (secondary N) is 2. The number of rotatable bonds is 5. The third-order valence-electron chi connectivity index (χ3n) is 3.02. The molecule has 2 N–H and O–H groups in total. The van der Waals surface area contributed by atoms with Gasteiger partial charge in [0.1, 0.15) is 0 Å². The molecule has 1 unspecified atom stereocenters. The molecular formula is C10H15N7. The van der Waals surface area contributed by atoms with Gasteiger partial charge in [0.25, 0.3) is 0 Å². The zero-order valence-corrected chi connectivity index (χ0v) is 9.67. The second-order valence-electron chi connectivity index (χ2n) is 4.40. The Balaban J connectivity index is 1.61. The minimum Gasteiger partial charge on any atom is -0.330 e. The predicted molar refractivity (Wildman–Crippen MR) is 59.9 cm³/mol. The van der Waals surface area contributed by atoms with E-state index in [9.17, 15) is 0 Å². The molecule has 1 atom stereocenters. The Bertz CT molecular complexity index is 471. The number of aromatic amines is 1. The van der Waals surface area contributed by atoms with Gasteiger partial charge in [-0.3, -0.25) is 0 Å². The maximum Gasteiger partial charge on any atom is 0.191 e. The van der Waals surface area contributed by atoms with Crippen molar-refractivity contribution in [2.75, 3.05) is 0 Å². The molecule has 1 aliphatic rings. The third-order valence-corrected chi connectivity index (χ3v) is 3.02. The molecule has 1 fully saturated rings. The van der Waals surface area contributed by atoms with Gasteiger partial charge in [0.05, 0.1) is 18.1 Å². The first kappa shape index (κ1) is 10.4. The number of tetrazole rings is 1. The smallest absolute Gasteiger partial charge is 0.191 e. The van der Waals surface area contributed by atoms with Crippen molar-refractivity contribution in [2.45, 2.75) is 38.4 Å². The number of H-pyrrole nitrogens is 1. The summed E-state index contributed by atoms with van der Waals surface area (Å²) < 4.78 is 2.25. The van der Waals surface area contributed by atoms with Crippen LogP contribution >= 0.6 is 0 Å². The fourth-order valence-corrected chi connectivity index (χ4v) is 1.85. The van der Waals surface area contributed by atoms with Gasteiger partial charge in [0.15, 0.2) is 5.82 Å². The van der Waals surface area contributed by atoms with E-state index < -0.39 is 0 Å². The molecule has 1 saturated carbocycles. The van der Waals surface area contributed by atoms with Gasteiger partial charge in [0, 0.05) is 18.8 Å². The van der Waals surface area contributed by atoms with E-state index in [-0.39, 0.29) is 6.04 Å². The normalized spacial score (nSPS) is 17.2. The Morgan fingerprint density at radius 1 is 1.59 bits per heavy atom. The van der Waals surface area contributed by atoms with E-state index in [0.29, 0.717) is 11.9 Å². The van der Waals surface area contributed by atoms with Gasteiger partial charge >= 0.3 is 0 Å². The number of hydrogen-bond donors (Lipinski definition) is 2. The molecule has 7 nitrogen and oxygen atoms in total. The second-order valence-corrected chi connectivity index (χ2v) is 4.40. The van der Waals surface area contributed by atoms with E-state index in [4.69, 9.17) is 0 Å². The molecule has 2 aromatic rings. The first-order valence-electron chi connectivity index (χ1n) is 5.82. The van der Waals surface area contributed by atoms with Crippen LogP contribution in [0.2, 0.25) is 0 Å². The summed E-state index contributed by atoms with van der Waals surface area (Å²) in [4.78, 5) is 4.20. The van der Waals surface area contributed by atoms with Crippen LogP contribution in [-0.4, -0.2) is 30.2 Å². The monoisotopic (exact) mass is 233 g/mol. The van der Waals surface area contributed by atoms with Crippen LogP contribution in [0.5, 0.6) is 0 Å². The fourth-order valence-electron chi connectivity index (χ4n) is 1.85. The summed E-state index contributed by atoms with van der Waals surface area (Å²) in [5.74, 6) is 0.683. The lowest BCUT2D eigenvalue weighted by Crippen LogP contribution is -2.20. The van der Waals surface area contributed by atoms with Crippen LogP contribution in [0.25, 0.3) is 0 Å². The summed E-state index contributed by atoms with van der Waals surface area (Å²) in [5, 5.41) is 17.3. The van der Waals surface area contributed by atoms with Crippen LogP contribution in [0, 0.1) is 0 Å². The first-order valence-corrected chi connectivity index (χ1v) is 5.82. The Labute approximate surface area is 98.6 Å². The molecule has 0 bridgehead atoms. The van der Waals surface area contributed by atoms with Crippen molar-refractivity contribution < 1.29 is 0 Å². The first-order chi connectivity index (χ1) is 8.34. The van der Waals surface area contributed by atoms with Crippen molar-refractivity contribution in [1.29, 1.82) is 0 Å². The van der Waals surface area contributed by atoms with Gasteiger partial charge in [-0.2, -0.15) is 5.21 Å². The number of aromatic nitrogens is 6. The van der Waals surface area contributed by atoms with Crippen LogP contribution in [0.15, 0.2) is 12.5 Å². The molecule has 0 radical (unpaired) electrons. The number of nitrogens with zero attached hydrogens (tertiary/aromatic N) is 5. The van der Waals surface area contributed by atoms with E-state index in [1.807, 2.05) is 19.4 Å². The lowest BCUT2D eigenvalue weighted by Gasteiger charge is -2.11. The van der Waals surface area contributed by atoms with Crippen molar-refractivity contribution >= 4 is 0 Å². The van der Waals surface area contributed by atoms with Crippen molar-refractivity contribution in [3.8, 4) is 0 Å². The number of hydrogen-bond acceptors (Lipinski definition) is 5. The Morgan fingerprint density at radius 2 is 2.47 bits per heavy atom. The van der Waals surface area contributed by atoms with Crippen molar-refractivity contribution in [1.82, 2.24) is 35.5 Å². The third kappa shape index (κ3) is 2.19. The van der Waals surface area contributed by atoms with E-state index in [1.165, 1.54) is 18.5 Å². The van der Waals surface area contributed by atoms with Crippen molar-refractivity contribution in [3.05, 3.63) is 24.0 Å². The minimum atomic E-state index is 0.0799. The van der Waals surface area contributed by atoms with Crippen molar-refractivity contribution in [2.24, 2.45) is 0 Å². The summed E-state index contributed by atoms with van der Waals surface area (Å²) >= 11 is 0. The highest BCUT2D eigenvalue weighted by Gasteiger charge is 2.25. The van der Waals surface area contributed by atoms with E-state index >= 15 is 0 Å². The Hall–Kier alpha value is -1.76. The van der Waals surface area contributed by atoms with Gasteiger partial charge in [-0.1, -0.05) is 5.21 Å². The van der Waals surface area contributed by atoms with Gasteiger partial charge < -0.3 is 9.88 Å². The van der Waals surface area contributed by atoms with Crippen LogP contribution in [0.1, 0.15) is 43.4 Å². The lowest BCUT2D eigenvalue weighted by molar-refractivity contribution is 0.525. The molecule has 0 aliphatic heterocycles. The zero-order valence-electron chi connectivity index (χ0n) is 9.67.